The number of carbonyl (C=O) groups is 3. The molecule has 3 aliphatic rings. The first-order valence-corrected chi connectivity index (χ1v) is 10.9. The van der Waals surface area contributed by atoms with Gasteiger partial charge < -0.3 is 25.4 Å². The van der Waals surface area contributed by atoms with Crippen molar-refractivity contribution in [1.82, 2.24) is 20.4 Å². The number of benzene rings is 1. The number of carbonyl (C=O) groups excluding carboxylic acids is 3. The highest BCUT2D eigenvalue weighted by Crippen LogP contribution is 2.44. The average Bonchev–Trinajstić information content (AvgIpc) is 3.42. The maximum absolute atomic E-state index is 12.7. The van der Waals surface area contributed by atoms with Crippen LogP contribution in [0.25, 0.3) is 0 Å². The molecular weight excluding hydrogens is 412 g/mol. The number of nitrogens with zero attached hydrogens (tertiary/aromatic N) is 2. The lowest BCUT2D eigenvalue weighted by molar-refractivity contribution is -0.142. The standard InChI is InChI=1S/C23H30N4O5/c1-13(12-27-21(29)19-17-8-9-18(32-17)20(19)22(27)30)25-23(31)24-11-15(26(2)3)10-14-4-6-16(28)7-5-14/h4-9,13,15,17-20,28H,10-12H2,1-3H3,(H2,24,25,31)/t13-,15?,17?,18?,19?,20?/m1/s1. The molecule has 0 saturated carbocycles. The molecule has 3 aliphatic heterocycles. The number of hydrogen-bond donors (Lipinski definition) is 3. The molecule has 32 heavy (non-hydrogen) atoms. The molecule has 3 heterocycles. The van der Waals surface area contributed by atoms with Crippen molar-refractivity contribution >= 4 is 17.8 Å². The second-order valence-corrected chi connectivity index (χ2v) is 9.03. The molecule has 0 spiro atoms. The number of phenolic OH excluding ortho intramolecular Hbond substituents is 1. The lowest BCUT2D eigenvalue weighted by atomic mass is 9.85. The van der Waals surface area contributed by atoms with Gasteiger partial charge in [0.25, 0.3) is 0 Å². The summed E-state index contributed by atoms with van der Waals surface area (Å²) in [6.45, 7) is 2.34. The van der Waals surface area contributed by atoms with Crippen molar-refractivity contribution in [3.8, 4) is 5.75 Å². The average molecular weight is 443 g/mol. The van der Waals surface area contributed by atoms with Crippen molar-refractivity contribution in [2.75, 3.05) is 27.2 Å². The number of amides is 4. The van der Waals surface area contributed by atoms with Gasteiger partial charge in [-0.3, -0.25) is 14.5 Å². The van der Waals surface area contributed by atoms with E-state index in [0.717, 1.165) is 5.56 Å². The number of urea groups is 1. The fourth-order valence-corrected chi connectivity index (χ4v) is 4.69. The number of fused-ring (bicyclic) bond motifs is 5. The van der Waals surface area contributed by atoms with Crippen molar-refractivity contribution in [2.24, 2.45) is 11.8 Å². The summed E-state index contributed by atoms with van der Waals surface area (Å²) in [5.74, 6) is -1.07. The van der Waals surface area contributed by atoms with Crippen LogP contribution in [0.2, 0.25) is 0 Å². The van der Waals surface area contributed by atoms with Crippen molar-refractivity contribution in [3.63, 3.8) is 0 Å². The predicted octanol–water partition coefficient (Wildman–Crippen LogP) is 0.491. The quantitative estimate of drug-likeness (QED) is 0.399. The van der Waals surface area contributed by atoms with E-state index in [1.807, 2.05) is 43.3 Å². The predicted molar refractivity (Wildman–Crippen MR) is 117 cm³/mol. The minimum Gasteiger partial charge on any atom is -0.508 e. The molecule has 0 aromatic heterocycles. The zero-order chi connectivity index (χ0) is 23.0. The summed E-state index contributed by atoms with van der Waals surface area (Å²) in [7, 11) is 3.89. The zero-order valence-corrected chi connectivity index (χ0v) is 18.5. The molecule has 9 heteroatoms. The molecule has 2 fully saturated rings. The number of likely N-dealkylation sites (N-methyl/N-ethyl adjacent to an activating group) is 1. The van der Waals surface area contributed by atoms with E-state index in [9.17, 15) is 19.5 Å². The summed E-state index contributed by atoms with van der Waals surface area (Å²) in [4.78, 5) is 41.2. The van der Waals surface area contributed by atoms with Gasteiger partial charge in [-0.05, 0) is 45.1 Å². The Morgan fingerprint density at radius 2 is 1.72 bits per heavy atom. The third kappa shape index (κ3) is 4.35. The molecule has 3 N–H and O–H groups in total. The molecule has 1 aromatic rings. The monoisotopic (exact) mass is 442 g/mol. The van der Waals surface area contributed by atoms with E-state index in [0.29, 0.717) is 13.0 Å². The Morgan fingerprint density at radius 3 is 2.28 bits per heavy atom. The van der Waals surface area contributed by atoms with Crippen LogP contribution >= 0.6 is 0 Å². The molecule has 4 rings (SSSR count). The number of phenols is 1. The molecule has 6 atom stereocenters. The maximum atomic E-state index is 12.7. The van der Waals surface area contributed by atoms with Gasteiger partial charge >= 0.3 is 6.03 Å². The molecule has 2 saturated heterocycles. The number of rotatable bonds is 8. The fraction of sp³-hybridized carbons (Fsp3) is 0.522. The largest absolute Gasteiger partial charge is 0.508 e. The van der Waals surface area contributed by atoms with E-state index in [1.165, 1.54) is 4.90 Å². The number of aromatic hydroxyl groups is 1. The van der Waals surface area contributed by atoms with Crippen molar-refractivity contribution in [1.29, 1.82) is 0 Å². The molecule has 172 valence electrons. The Balaban J connectivity index is 1.26. The molecule has 4 amide bonds. The Kier molecular flexibility index (Phi) is 6.21. The third-order valence-electron chi connectivity index (χ3n) is 6.47. The van der Waals surface area contributed by atoms with Gasteiger partial charge in [-0.1, -0.05) is 24.3 Å². The molecule has 2 bridgehead atoms. The van der Waals surface area contributed by atoms with Crippen LogP contribution in [-0.4, -0.2) is 84.2 Å². The number of nitrogens with one attached hydrogen (secondary N) is 2. The Hall–Kier alpha value is -2.91. The number of ether oxygens (including phenoxy) is 1. The number of imide groups is 1. The lowest BCUT2D eigenvalue weighted by Gasteiger charge is -2.26. The van der Waals surface area contributed by atoms with Gasteiger partial charge in [-0.2, -0.15) is 0 Å². The molecule has 9 nitrogen and oxygen atoms in total. The van der Waals surface area contributed by atoms with Crippen molar-refractivity contribution in [3.05, 3.63) is 42.0 Å². The number of likely N-dealkylation sites (tertiary alicyclic amines) is 1. The van der Waals surface area contributed by atoms with Gasteiger partial charge in [0, 0.05) is 25.2 Å². The van der Waals surface area contributed by atoms with E-state index < -0.39 is 11.8 Å². The summed E-state index contributed by atoms with van der Waals surface area (Å²) in [6.07, 6.45) is 3.80. The highest BCUT2D eigenvalue weighted by Gasteiger charge is 2.60. The summed E-state index contributed by atoms with van der Waals surface area (Å²) in [6, 6.07) is 6.34. The van der Waals surface area contributed by atoms with Crippen LogP contribution in [0, 0.1) is 11.8 Å². The lowest BCUT2D eigenvalue weighted by Crippen LogP contribution is -2.50. The van der Waals surface area contributed by atoms with Crippen LogP contribution in [0.4, 0.5) is 4.79 Å². The molecule has 1 aromatic carbocycles. The topological polar surface area (TPSA) is 111 Å². The van der Waals surface area contributed by atoms with Crippen LogP contribution in [-0.2, 0) is 20.7 Å². The molecule has 0 radical (unpaired) electrons. The Morgan fingerprint density at radius 1 is 1.12 bits per heavy atom. The van der Waals surface area contributed by atoms with Gasteiger partial charge in [-0.25, -0.2) is 4.79 Å². The highest BCUT2D eigenvalue weighted by molar-refractivity contribution is 6.06. The van der Waals surface area contributed by atoms with Crippen LogP contribution < -0.4 is 10.6 Å². The second kappa shape index (κ2) is 8.91. The van der Waals surface area contributed by atoms with Gasteiger partial charge in [0.05, 0.1) is 24.0 Å². The van der Waals surface area contributed by atoms with E-state index in [1.54, 1.807) is 19.1 Å². The van der Waals surface area contributed by atoms with Crippen LogP contribution in [0.3, 0.4) is 0 Å². The Labute approximate surface area is 187 Å². The molecule has 0 aliphatic carbocycles. The molecule has 5 unspecified atom stereocenters. The summed E-state index contributed by atoms with van der Waals surface area (Å²) in [5.41, 5.74) is 1.06. The SMILES string of the molecule is C[C@H](CN1C(=O)C2C3C=CC(O3)C2C1=O)NC(=O)NCC(Cc1ccc(O)cc1)N(C)C. The fourth-order valence-electron chi connectivity index (χ4n) is 4.69. The van der Waals surface area contributed by atoms with E-state index in [2.05, 4.69) is 10.6 Å². The van der Waals surface area contributed by atoms with E-state index in [4.69, 9.17) is 4.74 Å². The van der Waals surface area contributed by atoms with E-state index in [-0.39, 0.29) is 54.4 Å². The second-order valence-electron chi connectivity index (χ2n) is 9.03. The van der Waals surface area contributed by atoms with Gasteiger partial charge in [-0.15, -0.1) is 0 Å². The first-order valence-electron chi connectivity index (χ1n) is 10.9. The minimum atomic E-state index is -0.431. The van der Waals surface area contributed by atoms with Crippen molar-refractivity contribution in [2.45, 2.75) is 37.6 Å². The summed E-state index contributed by atoms with van der Waals surface area (Å²) >= 11 is 0. The summed E-state index contributed by atoms with van der Waals surface area (Å²) in [5, 5.41) is 15.1. The molecular formula is C23H30N4O5. The van der Waals surface area contributed by atoms with Crippen LogP contribution in [0.1, 0.15) is 12.5 Å². The van der Waals surface area contributed by atoms with Crippen LogP contribution in [0.5, 0.6) is 5.75 Å². The van der Waals surface area contributed by atoms with Gasteiger partial charge in [0.2, 0.25) is 11.8 Å². The number of hydrogen-bond acceptors (Lipinski definition) is 6. The normalized spacial score (nSPS) is 27.7. The first kappa shape index (κ1) is 22.3. The summed E-state index contributed by atoms with van der Waals surface area (Å²) < 4.78 is 5.64. The zero-order valence-electron chi connectivity index (χ0n) is 18.5. The first-order chi connectivity index (χ1) is 15.2. The maximum Gasteiger partial charge on any atom is 0.315 e. The van der Waals surface area contributed by atoms with Crippen molar-refractivity contribution < 1.29 is 24.2 Å². The Bertz CT molecular complexity index is 885. The highest BCUT2D eigenvalue weighted by atomic mass is 16.5. The van der Waals surface area contributed by atoms with Crippen LogP contribution in [0.15, 0.2) is 36.4 Å². The van der Waals surface area contributed by atoms with Gasteiger partial charge in [0.1, 0.15) is 5.75 Å². The minimum absolute atomic E-state index is 0.0599. The third-order valence-corrected chi connectivity index (χ3v) is 6.47. The smallest absolute Gasteiger partial charge is 0.315 e. The van der Waals surface area contributed by atoms with Gasteiger partial charge in [0.15, 0.2) is 0 Å². The van der Waals surface area contributed by atoms with E-state index >= 15 is 0 Å².